The number of benzene rings is 2. The van der Waals surface area contributed by atoms with Gasteiger partial charge in [-0.2, -0.15) is 4.80 Å². The molecule has 10 heteroatoms. The van der Waals surface area contributed by atoms with E-state index in [1.54, 1.807) is 13.1 Å². The van der Waals surface area contributed by atoms with Gasteiger partial charge in [-0.15, -0.1) is 10.2 Å². The molecule has 0 aliphatic heterocycles. The number of amidine groups is 1. The number of fused-ring (bicyclic) bond motifs is 2. The predicted octanol–water partition coefficient (Wildman–Crippen LogP) is 1.50. The zero-order valence-corrected chi connectivity index (χ0v) is 14.9. The van der Waals surface area contributed by atoms with Gasteiger partial charge in [-0.3, -0.25) is 5.41 Å². The van der Waals surface area contributed by atoms with Crippen molar-refractivity contribution in [2.75, 3.05) is 0 Å². The average molecular weight is 372 g/mol. The summed E-state index contributed by atoms with van der Waals surface area (Å²) >= 11 is 0. The van der Waals surface area contributed by atoms with E-state index in [0.29, 0.717) is 17.8 Å². The second kappa shape index (κ2) is 5.98. The molecule has 3 aromatic heterocycles. The maximum atomic E-state index is 7.55. The van der Waals surface area contributed by atoms with E-state index in [2.05, 4.69) is 35.3 Å². The van der Waals surface area contributed by atoms with Gasteiger partial charge in [0.05, 0.1) is 35.5 Å². The normalized spacial score (nSPS) is 11.5. The van der Waals surface area contributed by atoms with E-state index < -0.39 is 0 Å². The van der Waals surface area contributed by atoms with Crippen LogP contribution in [0.4, 0.5) is 0 Å². The molecule has 0 aliphatic rings. The van der Waals surface area contributed by atoms with E-state index in [1.165, 1.54) is 4.80 Å². The van der Waals surface area contributed by atoms with Crippen LogP contribution in [0, 0.1) is 5.41 Å². The highest BCUT2D eigenvalue weighted by Gasteiger charge is 2.11. The predicted molar refractivity (Wildman–Crippen MR) is 104 cm³/mol. The second-order valence-electron chi connectivity index (χ2n) is 6.52. The lowest BCUT2D eigenvalue weighted by Crippen LogP contribution is -2.10. The summed E-state index contributed by atoms with van der Waals surface area (Å²) in [6.07, 6.45) is 0.525. The lowest BCUT2D eigenvalue weighted by molar-refractivity contribution is 0.630. The fourth-order valence-corrected chi connectivity index (χ4v) is 3.16. The first kappa shape index (κ1) is 16.1. The summed E-state index contributed by atoms with van der Waals surface area (Å²) in [7, 11) is 1.73. The van der Waals surface area contributed by atoms with Gasteiger partial charge in [-0.1, -0.05) is 0 Å². The first-order valence-corrected chi connectivity index (χ1v) is 8.61. The summed E-state index contributed by atoms with van der Waals surface area (Å²) in [5, 5.41) is 19.7. The van der Waals surface area contributed by atoms with Gasteiger partial charge in [0.15, 0.2) is 0 Å². The van der Waals surface area contributed by atoms with Gasteiger partial charge in [0.2, 0.25) is 5.82 Å². The van der Waals surface area contributed by atoms with Gasteiger partial charge in [0, 0.05) is 11.1 Å². The number of H-pyrrole nitrogens is 2. The number of nitrogen functional groups attached to an aromatic ring is 1. The molecule has 0 unspecified atom stereocenters. The number of aromatic amines is 2. The number of nitrogens with one attached hydrogen (secondary N) is 3. The van der Waals surface area contributed by atoms with Gasteiger partial charge in [-0.25, -0.2) is 9.97 Å². The quantitative estimate of drug-likeness (QED) is 0.277. The number of hydrogen-bond donors (Lipinski definition) is 4. The summed E-state index contributed by atoms with van der Waals surface area (Å²) in [5.41, 5.74) is 10.5. The molecule has 0 saturated carbocycles. The van der Waals surface area contributed by atoms with E-state index in [0.717, 1.165) is 39.3 Å². The Balaban J connectivity index is 1.46. The Labute approximate surface area is 158 Å². The molecular formula is C18H16N10. The van der Waals surface area contributed by atoms with Crippen molar-refractivity contribution in [3.8, 4) is 11.4 Å². The van der Waals surface area contributed by atoms with Gasteiger partial charge >= 0.3 is 0 Å². The van der Waals surface area contributed by atoms with Crippen LogP contribution in [0.2, 0.25) is 0 Å². The Kier molecular flexibility index (Phi) is 3.44. The summed E-state index contributed by atoms with van der Waals surface area (Å²) in [6.45, 7) is 0. The van der Waals surface area contributed by atoms with Crippen molar-refractivity contribution >= 4 is 27.9 Å². The van der Waals surface area contributed by atoms with Crippen LogP contribution < -0.4 is 5.73 Å². The van der Waals surface area contributed by atoms with Crippen LogP contribution in [0.25, 0.3) is 33.5 Å². The molecule has 138 valence electrons. The maximum Gasteiger partial charge on any atom is 0.204 e. The van der Waals surface area contributed by atoms with Crippen molar-refractivity contribution in [2.45, 2.75) is 6.42 Å². The van der Waals surface area contributed by atoms with Crippen LogP contribution in [-0.2, 0) is 13.5 Å². The Bertz CT molecular complexity index is 1340. The fraction of sp³-hybridized carbons (Fsp3) is 0.111. The topological polar surface area (TPSA) is 151 Å². The van der Waals surface area contributed by atoms with E-state index in [-0.39, 0.29) is 5.84 Å². The van der Waals surface area contributed by atoms with Crippen LogP contribution in [-0.4, -0.2) is 46.0 Å². The Morgan fingerprint density at radius 1 is 1.04 bits per heavy atom. The third-order valence-electron chi connectivity index (χ3n) is 4.47. The molecule has 28 heavy (non-hydrogen) atoms. The van der Waals surface area contributed by atoms with Gasteiger partial charge in [0.1, 0.15) is 17.5 Å². The third kappa shape index (κ3) is 2.76. The van der Waals surface area contributed by atoms with Gasteiger partial charge < -0.3 is 15.7 Å². The zero-order valence-electron chi connectivity index (χ0n) is 14.9. The van der Waals surface area contributed by atoms with Crippen LogP contribution in [0.1, 0.15) is 17.2 Å². The Hall–Kier alpha value is -4.08. The molecule has 0 fully saturated rings. The van der Waals surface area contributed by atoms with Crippen LogP contribution in [0.15, 0.2) is 36.4 Å². The highest BCUT2D eigenvalue weighted by molar-refractivity contribution is 5.97. The Morgan fingerprint density at radius 3 is 2.36 bits per heavy atom. The van der Waals surface area contributed by atoms with E-state index in [4.69, 9.17) is 11.1 Å². The number of hydrogen-bond acceptors (Lipinski definition) is 6. The number of nitrogens with two attached hydrogens (primary N) is 1. The minimum Gasteiger partial charge on any atom is -0.384 e. The zero-order chi connectivity index (χ0) is 19.3. The molecule has 0 radical (unpaired) electrons. The molecule has 5 N–H and O–H groups in total. The lowest BCUT2D eigenvalue weighted by atomic mass is 10.2. The number of rotatable bonds is 4. The minimum atomic E-state index is 0.0312. The molecule has 0 saturated heterocycles. The Morgan fingerprint density at radius 2 is 1.71 bits per heavy atom. The van der Waals surface area contributed by atoms with E-state index in [9.17, 15) is 0 Å². The third-order valence-corrected chi connectivity index (χ3v) is 4.47. The molecule has 0 atom stereocenters. The van der Waals surface area contributed by atoms with Crippen molar-refractivity contribution in [1.82, 2.24) is 40.1 Å². The van der Waals surface area contributed by atoms with Crippen molar-refractivity contribution < 1.29 is 0 Å². The monoisotopic (exact) mass is 372 g/mol. The van der Waals surface area contributed by atoms with Crippen LogP contribution >= 0.6 is 0 Å². The van der Waals surface area contributed by atoms with E-state index in [1.807, 2.05) is 30.3 Å². The van der Waals surface area contributed by atoms with E-state index >= 15 is 0 Å². The molecule has 0 aliphatic carbocycles. The minimum absolute atomic E-state index is 0.0312. The molecule has 5 rings (SSSR count). The first-order valence-electron chi connectivity index (χ1n) is 8.61. The van der Waals surface area contributed by atoms with Gasteiger partial charge in [0.25, 0.3) is 0 Å². The molecule has 5 aromatic rings. The van der Waals surface area contributed by atoms with Crippen molar-refractivity contribution in [3.05, 3.63) is 53.6 Å². The van der Waals surface area contributed by atoms with Crippen molar-refractivity contribution in [1.29, 1.82) is 5.41 Å². The number of tetrazole rings is 1. The van der Waals surface area contributed by atoms with Gasteiger partial charge in [-0.05, 0) is 41.6 Å². The summed E-state index contributed by atoms with van der Waals surface area (Å²) in [6, 6.07) is 11.3. The molecule has 2 aromatic carbocycles. The SMILES string of the molecule is Cn1nnc(-c2ccc3nc(Cc4nc5ccc(C(=N)N)cc5[nH]4)[nH]c3c2)n1. The standard InChI is InChI=1S/C18H16N10/c1-28-26-18(25-27-28)10-3-5-12-14(7-10)24-16(22-12)8-15-21-11-4-2-9(17(19)20)6-13(11)23-15/h2-7H,8H2,1H3,(H3,19,20)(H,21,23)(H,22,24). The molecule has 0 amide bonds. The fourth-order valence-electron chi connectivity index (χ4n) is 3.16. The summed E-state index contributed by atoms with van der Waals surface area (Å²) in [4.78, 5) is 17.2. The number of nitrogens with zero attached hydrogens (tertiary/aromatic N) is 6. The highest BCUT2D eigenvalue weighted by atomic mass is 15.6. The lowest BCUT2D eigenvalue weighted by Gasteiger charge is -1.96. The molecule has 10 nitrogen and oxygen atoms in total. The average Bonchev–Trinajstić information content (AvgIpc) is 3.37. The largest absolute Gasteiger partial charge is 0.384 e. The highest BCUT2D eigenvalue weighted by Crippen LogP contribution is 2.21. The first-order chi connectivity index (χ1) is 13.5. The molecule has 3 heterocycles. The van der Waals surface area contributed by atoms with Crippen LogP contribution in [0.3, 0.4) is 0 Å². The number of aryl methyl sites for hydroxylation is 1. The second-order valence-corrected chi connectivity index (χ2v) is 6.52. The molecule has 0 bridgehead atoms. The number of aromatic nitrogens is 8. The molecular weight excluding hydrogens is 356 g/mol. The van der Waals surface area contributed by atoms with Crippen molar-refractivity contribution in [2.24, 2.45) is 12.8 Å². The smallest absolute Gasteiger partial charge is 0.204 e. The van der Waals surface area contributed by atoms with Crippen LogP contribution in [0.5, 0.6) is 0 Å². The number of imidazole rings is 2. The summed E-state index contributed by atoms with van der Waals surface area (Å²) < 4.78 is 0. The summed E-state index contributed by atoms with van der Waals surface area (Å²) in [5.74, 6) is 2.18. The maximum absolute atomic E-state index is 7.55. The van der Waals surface area contributed by atoms with Crippen molar-refractivity contribution in [3.63, 3.8) is 0 Å². The molecule has 0 spiro atoms.